The van der Waals surface area contributed by atoms with E-state index in [2.05, 4.69) is 30.4 Å². The van der Waals surface area contributed by atoms with Gasteiger partial charge in [0.15, 0.2) is 0 Å². The molecule has 1 fully saturated rings. The highest BCUT2D eigenvalue weighted by Crippen LogP contribution is 2.39. The van der Waals surface area contributed by atoms with Crippen molar-refractivity contribution in [3.05, 3.63) is 41.5 Å². The second-order valence-corrected chi connectivity index (χ2v) is 6.58. The van der Waals surface area contributed by atoms with E-state index in [0.717, 1.165) is 12.8 Å². The minimum absolute atomic E-state index is 0.217. The molecule has 1 aromatic carbocycles. The van der Waals surface area contributed by atoms with Crippen LogP contribution in [0.2, 0.25) is 0 Å². The summed E-state index contributed by atoms with van der Waals surface area (Å²) < 4.78 is 5.30. The van der Waals surface area contributed by atoms with Crippen LogP contribution in [0.1, 0.15) is 46.1 Å². The first kappa shape index (κ1) is 15.6. The zero-order chi connectivity index (χ0) is 15.5. The molecule has 0 unspecified atom stereocenters. The molecule has 0 heterocycles. The van der Waals surface area contributed by atoms with E-state index in [0.29, 0.717) is 5.92 Å². The normalized spacial score (nSPS) is 21.8. The molecule has 1 aliphatic carbocycles. The summed E-state index contributed by atoms with van der Waals surface area (Å²) in [5.41, 5.74) is 2.17. The summed E-state index contributed by atoms with van der Waals surface area (Å²) in [5, 5.41) is 2.96. The standard InChI is InChI=1S/C18H25NO2/c1-5-14(11-13-9-7-6-8-10-13)15-12-16(15)19-17(20)21-18(2,3)4/h6-11,15-16H,5,12H2,1-4H3,(H,19,20)/b14-11+/t15-,16+/m1/s1. The Morgan fingerprint density at radius 2 is 2.00 bits per heavy atom. The van der Waals surface area contributed by atoms with Gasteiger partial charge in [-0.15, -0.1) is 0 Å². The van der Waals surface area contributed by atoms with Crippen LogP contribution in [-0.2, 0) is 4.74 Å². The van der Waals surface area contributed by atoms with E-state index >= 15 is 0 Å². The van der Waals surface area contributed by atoms with Crippen molar-refractivity contribution >= 4 is 12.2 Å². The first-order chi connectivity index (χ1) is 9.89. The van der Waals surface area contributed by atoms with Crippen molar-refractivity contribution < 1.29 is 9.53 Å². The highest BCUT2D eigenvalue weighted by Gasteiger charge is 2.41. The Bertz CT molecular complexity index is 514. The fourth-order valence-electron chi connectivity index (χ4n) is 2.46. The van der Waals surface area contributed by atoms with Gasteiger partial charge in [0, 0.05) is 12.0 Å². The molecule has 3 heteroatoms. The molecule has 114 valence electrons. The lowest BCUT2D eigenvalue weighted by molar-refractivity contribution is 0.0522. The summed E-state index contributed by atoms with van der Waals surface area (Å²) in [6, 6.07) is 10.5. The van der Waals surface area contributed by atoms with Crippen molar-refractivity contribution in [2.45, 2.75) is 52.2 Å². The summed E-state index contributed by atoms with van der Waals surface area (Å²) >= 11 is 0. The van der Waals surface area contributed by atoms with Gasteiger partial charge < -0.3 is 10.1 Å². The van der Waals surface area contributed by atoms with Gasteiger partial charge in [0.2, 0.25) is 0 Å². The topological polar surface area (TPSA) is 38.3 Å². The third-order valence-electron chi connectivity index (χ3n) is 3.53. The maximum absolute atomic E-state index is 11.8. The predicted molar refractivity (Wildman–Crippen MR) is 86.0 cm³/mol. The molecule has 0 radical (unpaired) electrons. The Balaban J connectivity index is 1.92. The second-order valence-electron chi connectivity index (χ2n) is 6.58. The van der Waals surface area contributed by atoms with Gasteiger partial charge >= 0.3 is 6.09 Å². The first-order valence-electron chi connectivity index (χ1n) is 7.64. The van der Waals surface area contributed by atoms with Crippen LogP contribution in [0.5, 0.6) is 0 Å². The number of alkyl carbamates (subject to hydrolysis) is 1. The van der Waals surface area contributed by atoms with E-state index in [-0.39, 0.29) is 12.1 Å². The van der Waals surface area contributed by atoms with Crippen molar-refractivity contribution in [3.8, 4) is 0 Å². The van der Waals surface area contributed by atoms with Crippen LogP contribution < -0.4 is 5.32 Å². The fourth-order valence-corrected chi connectivity index (χ4v) is 2.46. The van der Waals surface area contributed by atoms with Gasteiger partial charge in [-0.05, 0) is 39.2 Å². The Kier molecular flexibility index (Phi) is 4.71. The highest BCUT2D eigenvalue weighted by atomic mass is 16.6. The molecule has 1 N–H and O–H groups in total. The summed E-state index contributed by atoms with van der Waals surface area (Å²) in [5.74, 6) is 0.447. The van der Waals surface area contributed by atoms with Crippen LogP contribution >= 0.6 is 0 Å². The van der Waals surface area contributed by atoms with Gasteiger partial charge in [0.05, 0.1) is 0 Å². The number of ether oxygens (including phenoxy) is 1. The lowest BCUT2D eigenvalue weighted by atomic mass is 10.0. The van der Waals surface area contributed by atoms with E-state index in [1.165, 1.54) is 11.1 Å². The Labute approximate surface area is 127 Å². The number of carbonyl (C=O) groups excluding carboxylic acids is 1. The molecular weight excluding hydrogens is 262 g/mol. The molecule has 0 aromatic heterocycles. The minimum atomic E-state index is -0.443. The number of hydrogen-bond acceptors (Lipinski definition) is 2. The third kappa shape index (κ3) is 4.92. The molecule has 3 nitrogen and oxygen atoms in total. The number of hydrogen-bond donors (Lipinski definition) is 1. The van der Waals surface area contributed by atoms with Crippen LogP contribution in [0, 0.1) is 5.92 Å². The smallest absolute Gasteiger partial charge is 0.407 e. The maximum Gasteiger partial charge on any atom is 0.407 e. The first-order valence-corrected chi connectivity index (χ1v) is 7.64. The minimum Gasteiger partial charge on any atom is -0.444 e. The van der Waals surface area contributed by atoms with Crippen molar-refractivity contribution in [1.82, 2.24) is 5.32 Å². The molecular formula is C18H25NO2. The van der Waals surface area contributed by atoms with Gasteiger partial charge in [-0.2, -0.15) is 0 Å². The average molecular weight is 287 g/mol. The van der Waals surface area contributed by atoms with E-state index in [1.54, 1.807) is 0 Å². The molecule has 0 spiro atoms. The lowest BCUT2D eigenvalue weighted by Gasteiger charge is -2.19. The molecule has 1 amide bonds. The molecule has 0 bridgehead atoms. The number of rotatable bonds is 4. The van der Waals surface area contributed by atoms with Crippen LogP contribution in [-0.4, -0.2) is 17.7 Å². The van der Waals surface area contributed by atoms with E-state index in [9.17, 15) is 4.79 Å². The molecule has 2 rings (SSSR count). The van der Waals surface area contributed by atoms with Gasteiger partial charge in [-0.25, -0.2) is 4.79 Å². The Morgan fingerprint density at radius 1 is 1.33 bits per heavy atom. The average Bonchev–Trinajstić information content (AvgIpc) is 3.13. The largest absolute Gasteiger partial charge is 0.444 e. The van der Waals surface area contributed by atoms with Gasteiger partial charge in [-0.1, -0.05) is 48.9 Å². The van der Waals surface area contributed by atoms with Crippen LogP contribution in [0.4, 0.5) is 4.79 Å². The van der Waals surface area contributed by atoms with Crippen molar-refractivity contribution in [2.24, 2.45) is 5.92 Å². The highest BCUT2D eigenvalue weighted by molar-refractivity contribution is 5.69. The Morgan fingerprint density at radius 3 is 2.57 bits per heavy atom. The molecule has 1 aromatic rings. The van der Waals surface area contributed by atoms with Crippen molar-refractivity contribution in [3.63, 3.8) is 0 Å². The van der Waals surface area contributed by atoms with E-state index < -0.39 is 5.60 Å². The van der Waals surface area contributed by atoms with Crippen LogP contribution in [0.25, 0.3) is 6.08 Å². The number of amides is 1. The monoisotopic (exact) mass is 287 g/mol. The Hall–Kier alpha value is -1.77. The molecule has 0 saturated heterocycles. The van der Waals surface area contributed by atoms with Gasteiger partial charge in [0.25, 0.3) is 0 Å². The van der Waals surface area contributed by atoms with E-state index in [1.807, 2.05) is 39.0 Å². The van der Waals surface area contributed by atoms with Crippen molar-refractivity contribution in [2.75, 3.05) is 0 Å². The summed E-state index contributed by atoms with van der Waals surface area (Å²) in [6.07, 6.45) is 3.93. The summed E-state index contributed by atoms with van der Waals surface area (Å²) in [6.45, 7) is 7.80. The van der Waals surface area contributed by atoms with Crippen LogP contribution in [0.15, 0.2) is 35.9 Å². The number of benzene rings is 1. The van der Waals surface area contributed by atoms with Crippen LogP contribution in [0.3, 0.4) is 0 Å². The number of carbonyl (C=O) groups is 1. The predicted octanol–water partition coefficient (Wildman–Crippen LogP) is 4.39. The number of nitrogens with one attached hydrogen (secondary N) is 1. The summed E-state index contributed by atoms with van der Waals surface area (Å²) in [7, 11) is 0. The molecule has 1 saturated carbocycles. The molecule has 2 atom stereocenters. The molecule has 21 heavy (non-hydrogen) atoms. The van der Waals surface area contributed by atoms with Gasteiger partial charge in [-0.3, -0.25) is 0 Å². The van der Waals surface area contributed by atoms with E-state index in [4.69, 9.17) is 4.74 Å². The zero-order valence-electron chi connectivity index (χ0n) is 13.3. The van der Waals surface area contributed by atoms with Crippen molar-refractivity contribution in [1.29, 1.82) is 0 Å². The second kappa shape index (κ2) is 6.33. The lowest BCUT2D eigenvalue weighted by Crippen LogP contribution is -2.34. The fraction of sp³-hybridized carbons (Fsp3) is 0.500. The maximum atomic E-state index is 11.8. The van der Waals surface area contributed by atoms with Gasteiger partial charge in [0.1, 0.15) is 5.60 Å². The summed E-state index contributed by atoms with van der Waals surface area (Å²) in [4.78, 5) is 11.8. The molecule has 0 aliphatic heterocycles. The zero-order valence-corrected chi connectivity index (χ0v) is 13.3. The SMILES string of the molecule is CC/C(=C\c1ccccc1)[C@H]1C[C@@H]1NC(=O)OC(C)(C)C. The quantitative estimate of drug-likeness (QED) is 0.891. The molecule has 1 aliphatic rings. The third-order valence-corrected chi connectivity index (χ3v) is 3.53.